The molecule has 11 amide bonds. The number of benzene rings is 2. The molecule has 2 aromatic carbocycles. The zero-order chi connectivity index (χ0) is 59.6. The van der Waals surface area contributed by atoms with Crippen molar-refractivity contribution in [1.29, 1.82) is 5.41 Å². The second kappa shape index (κ2) is 29.7. The van der Waals surface area contributed by atoms with Crippen molar-refractivity contribution in [3.8, 4) is 0 Å². The standard InChI is InChI=1S/C55H74N16O10S2/c1-3-4-19-43(71-52(80)55(70-54(71)81)20-11-6-12-21-55)51(79)69-42-29-83-82-28-41(44(56)72)68-48(76)39(24-33-26-61-36-17-10-9-16-35(33)36)67-46(74)37(18-13-22-60-53(57)58)64-47(75)38(23-32-14-7-5-8-15-32)66-49(77)40(25-34-27-59-30-62-34)65-45(73)31(2)63-50(42)78/h5,7-10,14-17,26-27,30-31,37-43,61H,3-4,6,11-13,18-25,28-29H2,1-2H3,(H2,56,72)(H,59,62)(H,63,78)(H,64,75)(H,65,73)(H,66,77)(H,67,74)(H,68,76)(H,69,79)(H,70,81)(H4,57,58,60)/t31-,37+,38-,39+,40+,41+,42+,43+/m1/s1. The van der Waals surface area contributed by atoms with Crippen LogP contribution in [0.3, 0.4) is 0 Å². The van der Waals surface area contributed by atoms with Crippen molar-refractivity contribution in [3.63, 3.8) is 0 Å². The minimum Gasteiger partial charge on any atom is -0.370 e. The summed E-state index contributed by atoms with van der Waals surface area (Å²) in [5.74, 6) is -7.99. The van der Waals surface area contributed by atoms with E-state index in [1.807, 2.05) is 25.1 Å². The number of aromatic nitrogens is 3. The van der Waals surface area contributed by atoms with Gasteiger partial charge in [0.25, 0.3) is 5.91 Å². The van der Waals surface area contributed by atoms with Crippen LogP contribution in [0.25, 0.3) is 10.9 Å². The van der Waals surface area contributed by atoms with E-state index >= 15 is 0 Å². The van der Waals surface area contributed by atoms with Gasteiger partial charge in [-0.1, -0.05) is 109 Å². The van der Waals surface area contributed by atoms with Gasteiger partial charge in [0.1, 0.15) is 53.9 Å². The first kappa shape index (κ1) is 62.5. The summed E-state index contributed by atoms with van der Waals surface area (Å²) in [6.07, 6.45) is 8.50. The van der Waals surface area contributed by atoms with Crippen molar-refractivity contribution in [3.05, 3.63) is 90.1 Å². The highest BCUT2D eigenvalue weighted by atomic mass is 33.1. The summed E-state index contributed by atoms with van der Waals surface area (Å²) in [4.78, 5) is 154. The van der Waals surface area contributed by atoms with Crippen molar-refractivity contribution in [2.75, 3.05) is 18.1 Å². The van der Waals surface area contributed by atoms with Gasteiger partial charge in [-0.05, 0) is 56.2 Å². The van der Waals surface area contributed by atoms with Gasteiger partial charge < -0.3 is 69.3 Å². The number of urea groups is 1. The van der Waals surface area contributed by atoms with Crippen molar-refractivity contribution in [1.82, 2.24) is 67.7 Å². The van der Waals surface area contributed by atoms with E-state index in [9.17, 15) is 47.9 Å². The molecule has 2 saturated heterocycles. The Hall–Kier alpha value is -8.14. The van der Waals surface area contributed by atoms with Crippen LogP contribution in [0.5, 0.6) is 0 Å². The Morgan fingerprint density at radius 2 is 1.39 bits per heavy atom. The molecule has 26 nitrogen and oxygen atoms in total. The fraction of sp³-hybridized carbons (Fsp3) is 0.491. The van der Waals surface area contributed by atoms with Gasteiger partial charge >= 0.3 is 6.03 Å². The number of rotatable bonds is 17. The monoisotopic (exact) mass is 1180 g/mol. The topological polar surface area (TPSA) is 403 Å². The van der Waals surface area contributed by atoms with E-state index < -0.39 is 113 Å². The maximum Gasteiger partial charge on any atom is 0.325 e. The molecule has 1 saturated carbocycles. The largest absolute Gasteiger partial charge is 0.370 e. The number of nitrogens with one attached hydrogen (secondary N) is 12. The summed E-state index contributed by atoms with van der Waals surface area (Å²) in [5, 5.41) is 33.0. The summed E-state index contributed by atoms with van der Waals surface area (Å²) in [6.45, 7) is 3.36. The van der Waals surface area contributed by atoms with Crippen LogP contribution in [-0.2, 0) is 62.4 Å². The van der Waals surface area contributed by atoms with Crippen LogP contribution in [-0.4, -0.2) is 157 Å². The maximum absolute atomic E-state index is 14.7. The van der Waals surface area contributed by atoms with E-state index in [2.05, 4.69) is 62.8 Å². The van der Waals surface area contributed by atoms with Gasteiger partial charge in [0, 0.05) is 66.3 Å². The third kappa shape index (κ3) is 17.0. The smallest absolute Gasteiger partial charge is 0.325 e. The quantitative estimate of drug-likeness (QED) is 0.0222. The lowest BCUT2D eigenvalue weighted by Crippen LogP contribution is -2.61. The number of para-hydroxylation sites is 1. The molecule has 2 aliphatic heterocycles. The van der Waals surface area contributed by atoms with Gasteiger partial charge in [0.2, 0.25) is 47.3 Å². The van der Waals surface area contributed by atoms with Crippen molar-refractivity contribution in [2.24, 2.45) is 11.5 Å². The highest BCUT2D eigenvalue weighted by Crippen LogP contribution is 2.35. The Bertz CT molecular complexity index is 2980. The SMILES string of the molecule is CCCC[C@@H](C(=O)N[C@H]1CSSC[C@@H](C(N)=O)NC(=O)[C@H](Cc2c[nH]c3ccccc23)NC(=O)[C@H](CCCNC(=N)N)NC(=O)[C@@H](Cc2ccccc2)NC(=O)[C@H](Cc2cnc[nH]2)NC(=O)[C@@H](C)NC1=O)N1C(=O)NC2(CCCCC2)C1=O. The van der Waals surface area contributed by atoms with E-state index in [0.29, 0.717) is 55.3 Å². The predicted octanol–water partition coefficient (Wildman–Crippen LogP) is 0.289. The van der Waals surface area contributed by atoms with E-state index in [1.165, 1.54) is 19.4 Å². The highest BCUT2D eigenvalue weighted by Gasteiger charge is 2.54. The van der Waals surface area contributed by atoms with E-state index in [0.717, 1.165) is 43.8 Å². The summed E-state index contributed by atoms with van der Waals surface area (Å²) < 4.78 is 0. The molecule has 4 aromatic rings. The van der Waals surface area contributed by atoms with Gasteiger partial charge in [-0.25, -0.2) is 14.7 Å². The average molecular weight is 1180 g/mol. The van der Waals surface area contributed by atoms with Crippen LogP contribution < -0.4 is 59.3 Å². The van der Waals surface area contributed by atoms with Crippen molar-refractivity contribution < 1.29 is 47.9 Å². The molecule has 83 heavy (non-hydrogen) atoms. The molecular formula is C55H74N16O10S2. The summed E-state index contributed by atoms with van der Waals surface area (Å²) in [5.41, 5.74) is 12.7. The molecule has 0 bridgehead atoms. The Morgan fingerprint density at radius 1 is 0.747 bits per heavy atom. The number of H-pyrrole nitrogens is 2. The molecule has 0 unspecified atom stereocenters. The fourth-order valence-electron chi connectivity index (χ4n) is 10.2. The molecular weight excluding hydrogens is 1110 g/mol. The average Bonchev–Trinajstić information content (AvgIpc) is 2.83. The lowest BCUT2D eigenvalue weighted by molar-refractivity contribution is -0.140. The molecule has 0 radical (unpaired) electrons. The second-order valence-corrected chi connectivity index (χ2v) is 23.5. The molecule has 1 aliphatic carbocycles. The van der Waals surface area contributed by atoms with Gasteiger partial charge in [0.05, 0.1) is 6.33 Å². The third-order valence-corrected chi connectivity index (χ3v) is 17.2. The van der Waals surface area contributed by atoms with E-state index in [-0.39, 0.29) is 62.5 Å². The zero-order valence-electron chi connectivity index (χ0n) is 46.3. The number of imidazole rings is 1. The number of fused-ring (bicyclic) bond motifs is 1. The predicted molar refractivity (Wildman–Crippen MR) is 311 cm³/mol. The molecule has 28 heteroatoms. The van der Waals surface area contributed by atoms with Gasteiger partial charge in [-0.3, -0.25) is 48.6 Å². The number of unbranched alkanes of at least 4 members (excludes halogenated alkanes) is 1. The number of aromatic amines is 2. The number of primary amides is 1. The molecule has 1 spiro atoms. The highest BCUT2D eigenvalue weighted by molar-refractivity contribution is 8.76. The number of carbonyl (C=O) groups excluding carboxylic acids is 10. The van der Waals surface area contributed by atoms with E-state index in [4.69, 9.17) is 16.9 Å². The lowest BCUT2D eigenvalue weighted by atomic mass is 9.81. The summed E-state index contributed by atoms with van der Waals surface area (Å²) >= 11 is 0. The minimum atomic E-state index is -1.45. The number of amides is 11. The lowest BCUT2D eigenvalue weighted by Gasteiger charge is -2.32. The van der Waals surface area contributed by atoms with E-state index in [1.54, 1.807) is 42.6 Å². The molecule has 2 aromatic heterocycles. The first-order valence-electron chi connectivity index (χ1n) is 27.8. The minimum absolute atomic E-state index is 0.0571. The maximum atomic E-state index is 14.7. The fourth-order valence-corrected chi connectivity index (χ4v) is 12.6. The van der Waals surface area contributed by atoms with Crippen molar-refractivity contribution >= 4 is 97.6 Å². The second-order valence-electron chi connectivity index (χ2n) is 21.0. The molecule has 3 aliphatic rings. The number of imide groups is 1. The van der Waals surface area contributed by atoms with Gasteiger partial charge in [0.15, 0.2) is 5.96 Å². The first-order valence-corrected chi connectivity index (χ1v) is 30.3. The summed E-state index contributed by atoms with van der Waals surface area (Å²) in [6, 6.07) is 4.20. The van der Waals surface area contributed by atoms with Crippen LogP contribution >= 0.6 is 21.6 Å². The van der Waals surface area contributed by atoms with Crippen LogP contribution in [0.15, 0.2) is 73.3 Å². The number of hydrogen-bond acceptors (Lipinski definition) is 14. The Kier molecular flexibility index (Phi) is 22.4. The first-order chi connectivity index (χ1) is 39.9. The molecule has 3 fully saturated rings. The molecule has 8 atom stereocenters. The molecule has 7 rings (SSSR count). The Labute approximate surface area is 487 Å². The van der Waals surface area contributed by atoms with Crippen LogP contribution in [0.1, 0.15) is 94.9 Å². The number of hydrogen-bond donors (Lipinski definition) is 14. The molecule has 446 valence electrons. The van der Waals surface area contributed by atoms with Crippen molar-refractivity contribution in [2.45, 2.75) is 151 Å². The normalized spacial score (nSPS) is 23.8. The number of carbonyl (C=O) groups is 10. The Balaban J connectivity index is 1.23. The Morgan fingerprint density at radius 3 is 2.07 bits per heavy atom. The number of nitrogens with two attached hydrogens (primary N) is 2. The molecule has 4 heterocycles. The van der Waals surface area contributed by atoms with Gasteiger partial charge in [-0.15, -0.1) is 0 Å². The number of nitrogens with zero attached hydrogens (tertiary/aromatic N) is 2. The number of guanidine groups is 1. The van der Waals surface area contributed by atoms with Crippen LogP contribution in [0, 0.1) is 5.41 Å². The van der Waals surface area contributed by atoms with Crippen LogP contribution in [0.2, 0.25) is 0 Å². The van der Waals surface area contributed by atoms with Gasteiger partial charge in [-0.2, -0.15) is 0 Å². The zero-order valence-corrected chi connectivity index (χ0v) is 47.9. The summed E-state index contributed by atoms with van der Waals surface area (Å²) in [7, 11) is 2.02. The molecule has 16 N–H and O–H groups in total. The third-order valence-electron chi connectivity index (χ3n) is 14.8. The van der Waals surface area contributed by atoms with Crippen LogP contribution in [0.4, 0.5) is 4.79 Å².